The molecule has 3 aromatic carbocycles. The molecule has 0 fully saturated rings. The van der Waals surface area contributed by atoms with E-state index in [1.807, 2.05) is 42.8 Å². The minimum absolute atomic E-state index is 0.108. The first-order valence-corrected chi connectivity index (χ1v) is 11.5. The minimum Gasteiger partial charge on any atom is -0.305 e. The number of benzene rings is 3. The van der Waals surface area contributed by atoms with Crippen LogP contribution in [0.25, 0.3) is 22.2 Å². The van der Waals surface area contributed by atoms with E-state index in [0.717, 1.165) is 28.5 Å². The third-order valence-corrected chi connectivity index (χ3v) is 6.51. The standard InChI is InChI=1S/C26H27N3OS/c1-17(2)15-19-9-11-21(12-10-19)24(30)18(3)31-26-28-27-25(29(26)4)23-14-13-20-7-5-6-8-22(20)16-23/h5-14,16-18H,15H2,1-4H3/t18-/m1/s1. The van der Waals surface area contributed by atoms with E-state index in [-0.39, 0.29) is 11.0 Å². The van der Waals surface area contributed by atoms with Gasteiger partial charge in [0.05, 0.1) is 5.25 Å². The van der Waals surface area contributed by atoms with Gasteiger partial charge >= 0.3 is 0 Å². The summed E-state index contributed by atoms with van der Waals surface area (Å²) >= 11 is 1.45. The highest BCUT2D eigenvalue weighted by Gasteiger charge is 2.20. The zero-order valence-electron chi connectivity index (χ0n) is 18.4. The molecule has 0 aliphatic rings. The first-order valence-electron chi connectivity index (χ1n) is 10.6. The normalized spacial score (nSPS) is 12.4. The van der Waals surface area contributed by atoms with Crippen molar-refractivity contribution >= 4 is 28.3 Å². The molecule has 1 heterocycles. The van der Waals surface area contributed by atoms with Gasteiger partial charge in [0.15, 0.2) is 16.8 Å². The van der Waals surface area contributed by atoms with Crippen molar-refractivity contribution in [2.45, 2.75) is 37.6 Å². The van der Waals surface area contributed by atoms with E-state index < -0.39 is 0 Å². The van der Waals surface area contributed by atoms with Crippen LogP contribution in [0, 0.1) is 5.92 Å². The van der Waals surface area contributed by atoms with Crippen LogP contribution in [0.5, 0.6) is 0 Å². The first kappa shape index (κ1) is 21.3. The Bertz CT molecular complexity index is 1210. The molecule has 0 saturated heterocycles. The molecule has 4 rings (SSSR count). The molecule has 31 heavy (non-hydrogen) atoms. The Kier molecular flexibility index (Phi) is 6.23. The predicted molar refractivity (Wildman–Crippen MR) is 129 cm³/mol. The zero-order valence-corrected chi connectivity index (χ0v) is 19.2. The average Bonchev–Trinajstić information content (AvgIpc) is 3.13. The average molecular weight is 430 g/mol. The molecule has 0 unspecified atom stereocenters. The van der Waals surface area contributed by atoms with Gasteiger partial charge < -0.3 is 4.57 Å². The Morgan fingerprint density at radius 3 is 2.35 bits per heavy atom. The highest BCUT2D eigenvalue weighted by atomic mass is 32.2. The van der Waals surface area contributed by atoms with E-state index in [9.17, 15) is 4.79 Å². The van der Waals surface area contributed by atoms with Crippen molar-refractivity contribution in [3.8, 4) is 11.4 Å². The maximum Gasteiger partial charge on any atom is 0.191 e. The van der Waals surface area contributed by atoms with Gasteiger partial charge in [-0.1, -0.05) is 86.3 Å². The van der Waals surface area contributed by atoms with Crippen molar-refractivity contribution in [3.05, 3.63) is 77.9 Å². The molecular formula is C26H27N3OS. The summed E-state index contributed by atoms with van der Waals surface area (Å²) in [6.07, 6.45) is 1.02. The summed E-state index contributed by atoms with van der Waals surface area (Å²) < 4.78 is 1.96. The van der Waals surface area contributed by atoms with Crippen LogP contribution in [0.3, 0.4) is 0 Å². The summed E-state index contributed by atoms with van der Waals surface area (Å²) in [5.74, 6) is 1.51. The predicted octanol–water partition coefficient (Wildman–Crippen LogP) is 6.20. The maximum atomic E-state index is 12.9. The second kappa shape index (κ2) is 9.06. The molecule has 0 N–H and O–H groups in total. The van der Waals surface area contributed by atoms with Gasteiger partial charge in [0.25, 0.3) is 0 Å². The summed E-state index contributed by atoms with van der Waals surface area (Å²) in [7, 11) is 1.95. The van der Waals surface area contributed by atoms with Gasteiger partial charge in [-0.15, -0.1) is 10.2 Å². The number of Topliss-reactive ketones (excluding diaryl/α,β-unsaturated/α-hetero) is 1. The molecule has 0 bridgehead atoms. The van der Waals surface area contributed by atoms with Crippen LogP contribution in [0.15, 0.2) is 71.9 Å². The number of fused-ring (bicyclic) bond motifs is 1. The largest absolute Gasteiger partial charge is 0.305 e. The highest BCUT2D eigenvalue weighted by Crippen LogP contribution is 2.29. The monoisotopic (exact) mass is 429 g/mol. The van der Waals surface area contributed by atoms with Crippen molar-refractivity contribution in [2.75, 3.05) is 0 Å². The van der Waals surface area contributed by atoms with Gasteiger partial charge in [-0.3, -0.25) is 4.79 Å². The van der Waals surface area contributed by atoms with E-state index in [4.69, 9.17) is 0 Å². The topological polar surface area (TPSA) is 47.8 Å². The SMILES string of the molecule is CC(C)Cc1ccc(C(=O)[C@@H](C)Sc2nnc(-c3ccc4ccccc4c3)n2C)cc1. The summed E-state index contributed by atoms with van der Waals surface area (Å²) in [6.45, 7) is 6.33. The van der Waals surface area contributed by atoms with Gasteiger partial charge in [-0.25, -0.2) is 0 Å². The molecule has 4 nitrogen and oxygen atoms in total. The smallest absolute Gasteiger partial charge is 0.191 e. The van der Waals surface area contributed by atoms with Crippen LogP contribution in [0.1, 0.15) is 36.7 Å². The summed E-state index contributed by atoms with van der Waals surface area (Å²) in [5.41, 5.74) is 3.02. The Balaban J connectivity index is 1.50. The molecule has 1 atom stereocenters. The first-order chi connectivity index (χ1) is 14.9. The van der Waals surface area contributed by atoms with Crippen molar-refractivity contribution < 1.29 is 4.79 Å². The second-order valence-corrected chi connectivity index (χ2v) is 9.65. The van der Waals surface area contributed by atoms with Crippen molar-refractivity contribution in [3.63, 3.8) is 0 Å². The van der Waals surface area contributed by atoms with Crippen LogP contribution in [-0.2, 0) is 13.5 Å². The maximum absolute atomic E-state index is 12.9. The molecular weight excluding hydrogens is 402 g/mol. The van der Waals surface area contributed by atoms with Gasteiger partial charge in [0.2, 0.25) is 0 Å². The summed E-state index contributed by atoms with van der Waals surface area (Å²) in [4.78, 5) is 12.9. The number of aromatic nitrogens is 3. The highest BCUT2D eigenvalue weighted by molar-refractivity contribution is 8.00. The van der Waals surface area contributed by atoms with Gasteiger partial charge in [-0.05, 0) is 41.7 Å². The summed E-state index contributed by atoms with van der Waals surface area (Å²) in [6, 6.07) is 22.5. The molecule has 0 aliphatic carbocycles. The van der Waals surface area contributed by atoms with Gasteiger partial charge in [0, 0.05) is 18.2 Å². The van der Waals surface area contributed by atoms with E-state index in [1.165, 1.54) is 28.1 Å². The number of thioether (sulfide) groups is 1. The quantitative estimate of drug-likeness (QED) is 0.259. The van der Waals surface area contributed by atoms with Crippen LogP contribution in [0.2, 0.25) is 0 Å². The number of carbonyl (C=O) groups is 1. The van der Waals surface area contributed by atoms with Crippen LogP contribution >= 0.6 is 11.8 Å². The lowest BCUT2D eigenvalue weighted by Gasteiger charge is -2.11. The lowest BCUT2D eigenvalue weighted by molar-refractivity contribution is 0.0994. The fraction of sp³-hybridized carbons (Fsp3) is 0.269. The van der Waals surface area contributed by atoms with Crippen molar-refractivity contribution in [1.29, 1.82) is 0 Å². The molecule has 0 saturated carbocycles. The van der Waals surface area contributed by atoms with E-state index in [2.05, 4.69) is 66.5 Å². The van der Waals surface area contributed by atoms with Crippen LogP contribution in [-0.4, -0.2) is 25.8 Å². The molecule has 0 aliphatic heterocycles. The molecule has 158 valence electrons. The number of hydrogen-bond acceptors (Lipinski definition) is 4. The molecule has 0 spiro atoms. The fourth-order valence-corrected chi connectivity index (χ4v) is 4.61. The third kappa shape index (κ3) is 4.72. The summed E-state index contributed by atoms with van der Waals surface area (Å²) in [5, 5.41) is 11.6. The lowest BCUT2D eigenvalue weighted by Crippen LogP contribution is -2.14. The number of ketones is 1. The molecule has 5 heteroatoms. The van der Waals surface area contributed by atoms with Crippen LogP contribution < -0.4 is 0 Å². The van der Waals surface area contributed by atoms with Gasteiger partial charge in [0.1, 0.15) is 0 Å². The van der Waals surface area contributed by atoms with E-state index >= 15 is 0 Å². The molecule has 0 radical (unpaired) electrons. The van der Waals surface area contributed by atoms with E-state index in [1.54, 1.807) is 0 Å². The van der Waals surface area contributed by atoms with Crippen molar-refractivity contribution in [2.24, 2.45) is 13.0 Å². The van der Waals surface area contributed by atoms with E-state index in [0.29, 0.717) is 5.92 Å². The minimum atomic E-state index is -0.247. The Hall–Kier alpha value is -2.92. The molecule has 1 aromatic heterocycles. The number of rotatable bonds is 7. The molecule has 4 aromatic rings. The van der Waals surface area contributed by atoms with Crippen molar-refractivity contribution in [1.82, 2.24) is 14.8 Å². The number of hydrogen-bond donors (Lipinski definition) is 0. The van der Waals surface area contributed by atoms with Gasteiger partial charge in [-0.2, -0.15) is 0 Å². The number of nitrogens with zero attached hydrogens (tertiary/aromatic N) is 3. The fourth-order valence-electron chi connectivity index (χ4n) is 3.72. The lowest BCUT2D eigenvalue weighted by atomic mass is 10.0. The Morgan fingerprint density at radius 2 is 1.65 bits per heavy atom. The molecule has 0 amide bonds. The zero-order chi connectivity index (χ0) is 22.0. The third-order valence-electron chi connectivity index (χ3n) is 5.38. The second-order valence-electron chi connectivity index (χ2n) is 8.35. The number of carbonyl (C=O) groups excluding carboxylic acids is 1. The van der Waals surface area contributed by atoms with Crippen LogP contribution in [0.4, 0.5) is 0 Å². The Labute approximate surface area is 187 Å². The Morgan fingerprint density at radius 1 is 0.935 bits per heavy atom.